The maximum absolute atomic E-state index is 11.0. The van der Waals surface area contributed by atoms with Gasteiger partial charge in [0.15, 0.2) is 0 Å². The molecule has 5 N–H and O–H groups in total. The Balaban J connectivity index is 2.27. The molecule has 1 atom stereocenters. The van der Waals surface area contributed by atoms with Crippen LogP contribution in [-0.4, -0.2) is 26.3 Å². The van der Waals surface area contributed by atoms with Gasteiger partial charge < -0.3 is 15.8 Å². The molecule has 0 saturated carbocycles. The number of carboxylic acids is 1. The molecule has 1 aliphatic carbocycles. The minimum atomic E-state index is -1.02. The standard InChI is InChI=1S/C10H10N4O2/c11-5-3-6-4(1-2-12-6)8-7(5)9(10(15)16)14-13-8/h1-2,5,12H,3,11H2,(H,13,14)(H,15,16). The molecule has 0 aromatic carbocycles. The maximum atomic E-state index is 11.0. The van der Waals surface area contributed by atoms with E-state index in [1.54, 1.807) is 0 Å². The molecule has 3 rings (SSSR count). The highest BCUT2D eigenvalue weighted by molar-refractivity contribution is 5.90. The van der Waals surface area contributed by atoms with Crippen LogP contribution in [0.1, 0.15) is 27.8 Å². The number of carboxylic acid groups (broad SMARTS) is 1. The molecule has 16 heavy (non-hydrogen) atoms. The molecule has 0 radical (unpaired) electrons. The molecular weight excluding hydrogens is 208 g/mol. The van der Waals surface area contributed by atoms with Gasteiger partial charge in [0, 0.05) is 35.5 Å². The van der Waals surface area contributed by atoms with Gasteiger partial charge in [0.1, 0.15) is 5.69 Å². The number of nitrogens with zero attached hydrogens (tertiary/aromatic N) is 1. The normalized spacial score (nSPS) is 17.9. The molecule has 6 nitrogen and oxygen atoms in total. The van der Waals surface area contributed by atoms with E-state index in [0.717, 1.165) is 11.3 Å². The fourth-order valence-corrected chi connectivity index (χ4v) is 2.20. The zero-order chi connectivity index (χ0) is 11.3. The van der Waals surface area contributed by atoms with Crippen LogP contribution in [0.3, 0.4) is 0 Å². The van der Waals surface area contributed by atoms with Crippen molar-refractivity contribution in [2.24, 2.45) is 5.73 Å². The molecule has 82 valence electrons. The van der Waals surface area contributed by atoms with Crippen LogP contribution in [0.2, 0.25) is 0 Å². The summed E-state index contributed by atoms with van der Waals surface area (Å²) in [6.45, 7) is 0. The molecule has 1 unspecified atom stereocenters. The lowest BCUT2D eigenvalue weighted by Gasteiger charge is -2.18. The highest BCUT2D eigenvalue weighted by atomic mass is 16.4. The van der Waals surface area contributed by atoms with Crippen molar-refractivity contribution in [3.8, 4) is 11.3 Å². The summed E-state index contributed by atoms with van der Waals surface area (Å²) in [5.41, 5.74) is 9.23. The van der Waals surface area contributed by atoms with Crippen molar-refractivity contribution in [1.29, 1.82) is 0 Å². The van der Waals surface area contributed by atoms with E-state index in [1.807, 2.05) is 12.3 Å². The number of hydrogen-bond donors (Lipinski definition) is 4. The van der Waals surface area contributed by atoms with Gasteiger partial charge in [-0.1, -0.05) is 0 Å². The van der Waals surface area contributed by atoms with E-state index in [1.165, 1.54) is 0 Å². The molecular formula is C10H10N4O2. The fraction of sp³-hybridized carbons (Fsp3) is 0.200. The van der Waals surface area contributed by atoms with Crippen molar-refractivity contribution in [3.63, 3.8) is 0 Å². The molecule has 0 fully saturated rings. The molecule has 2 aromatic rings. The summed E-state index contributed by atoms with van der Waals surface area (Å²) in [5.74, 6) is -1.02. The predicted octanol–water partition coefficient (Wildman–Crippen LogP) is 0.659. The summed E-state index contributed by atoms with van der Waals surface area (Å²) in [6.07, 6.45) is 2.41. The first-order chi connectivity index (χ1) is 7.68. The van der Waals surface area contributed by atoms with Crippen LogP contribution >= 0.6 is 0 Å². The van der Waals surface area contributed by atoms with Gasteiger partial charge in [0.05, 0.1) is 5.69 Å². The van der Waals surface area contributed by atoms with Crippen LogP contribution in [0.25, 0.3) is 11.3 Å². The molecule has 2 aromatic heterocycles. The summed E-state index contributed by atoms with van der Waals surface area (Å²) in [4.78, 5) is 14.1. The van der Waals surface area contributed by atoms with Crippen LogP contribution in [0.4, 0.5) is 0 Å². The lowest BCUT2D eigenvalue weighted by molar-refractivity contribution is 0.0688. The van der Waals surface area contributed by atoms with Crippen LogP contribution in [0.15, 0.2) is 12.3 Å². The average molecular weight is 218 g/mol. The Labute approximate surface area is 90.5 Å². The number of nitrogens with one attached hydrogen (secondary N) is 2. The lowest BCUT2D eigenvalue weighted by atomic mass is 9.90. The van der Waals surface area contributed by atoms with Crippen LogP contribution in [0.5, 0.6) is 0 Å². The van der Waals surface area contributed by atoms with Gasteiger partial charge in [-0.2, -0.15) is 5.10 Å². The first kappa shape index (κ1) is 9.17. The number of fused-ring (bicyclic) bond motifs is 3. The first-order valence-corrected chi connectivity index (χ1v) is 4.92. The number of aromatic nitrogens is 3. The summed E-state index contributed by atoms with van der Waals surface area (Å²) in [7, 11) is 0. The number of aromatic carboxylic acids is 1. The zero-order valence-electron chi connectivity index (χ0n) is 8.32. The van der Waals surface area contributed by atoms with E-state index < -0.39 is 5.97 Å². The van der Waals surface area contributed by atoms with Crippen molar-refractivity contribution in [3.05, 3.63) is 29.2 Å². The number of H-pyrrole nitrogens is 2. The van der Waals surface area contributed by atoms with Crippen LogP contribution in [0, 0.1) is 0 Å². The minimum Gasteiger partial charge on any atom is -0.477 e. The van der Waals surface area contributed by atoms with Gasteiger partial charge >= 0.3 is 5.97 Å². The Morgan fingerprint density at radius 2 is 2.44 bits per heavy atom. The van der Waals surface area contributed by atoms with Crippen LogP contribution < -0.4 is 5.73 Å². The Kier molecular flexibility index (Phi) is 1.69. The number of hydrogen-bond acceptors (Lipinski definition) is 3. The third kappa shape index (κ3) is 1.04. The molecule has 6 heteroatoms. The second-order valence-corrected chi connectivity index (χ2v) is 3.85. The van der Waals surface area contributed by atoms with Crippen molar-refractivity contribution < 1.29 is 9.90 Å². The van der Waals surface area contributed by atoms with Gasteiger partial charge in [-0.25, -0.2) is 4.79 Å². The summed E-state index contributed by atoms with van der Waals surface area (Å²) < 4.78 is 0. The third-order valence-corrected chi connectivity index (χ3v) is 2.90. The summed E-state index contributed by atoms with van der Waals surface area (Å²) in [5, 5.41) is 15.6. The average Bonchev–Trinajstić information content (AvgIpc) is 2.80. The van der Waals surface area contributed by atoms with E-state index in [2.05, 4.69) is 15.2 Å². The van der Waals surface area contributed by atoms with E-state index in [9.17, 15) is 4.79 Å². The largest absolute Gasteiger partial charge is 0.477 e. The monoisotopic (exact) mass is 218 g/mol. The Morgan fingerprint density at radius 3 is 3.19 bits per heavy atom. The highest BCUT2D eigenvalue weighted by Gasteiger charge is 2.30. The number of nitrogens with two attached hydrogens (primary N) is 1. The first-order valence-electron chi connectivity index (χ1n) is 4.92. The third-order valence-electron chi connectivity index (χ3n) is 2.90. The topological polar surface area (TPSA) is 108 Å². The van der Waals surface area contributed by atoms with Gasteiger partial charge in [-0.3, -0.25) is 5.10 Å². The molecule has 0 spiro atoms. The van der Waals surface area contributed by atoms with Gasteiger partial charge in [0.25, 0.3) is 0 Å². The lowest BCUT2D eigenvalue weighted by Crippen LogP contribution is -2.20. The Bertz CT molecular complexity index is 569. The number of rotatable bonds is 1. The number of carbonyl (C=O) groups is 1. The second kappa shape index (κ2) is 2.96. The van der Waals surface area contributed by atoms with E-state index in [4.69, 9.17) is 10.8 Å². The van der Waals surface area contributed by atoms with E-state index in [0.29, 0.717) is 17.7 Å². The fourth-order valence-electron chi connectivity index (χ4n) is 2.20. The molecule has 0 bridgehead atoms. The molecule has 2 heterocycles. The second-order valence-electron chi connectivity index (χ2n) is 3.85. The van der Waals surface area contributed by atoms with Crippen molar-refractivity contribution in [2.45, 2.75) is 12.5 Å². The van der Waals surface area contributed by atoms with Crippen molar-refractivity contribution >= 4 is 5.97 Å². The van der Waals surface area contributed by atoms with Gasteiger partial charge in [0.2, 0.25) is 0 Å². The quantitative estimate of drug-likeness (QED) is 0.563. The predicted molar refractivity (Wildman–Crippen MR) is 56.0 cm³/mol. The Hall–Kier alpha value is -2.08. The molecule has 1 aliphatic rings. The summed E-state index contributed by atoms with van der Waals surface area (Å²) >= 11 is 0. The van der Waals surface area contributed by atoms with Gasteiger partial charge in [-0.15, -0.1) is 0 Å². The van der Waals surface area contributed by atoms with Crippen molar-refractivity contribution in [1.82, 2.24) is 15.2 Å². The maximum Gasteiger partial charge on any atom is 0.354 e. The SMILES string of the molecule is NC1Cc2[nH]ccc2-c2n[nH]c(C(=O)O)c21. The highest BCUT2D eigenvalue weighted by Crippen LogP contribution is 2.37. The molecule has 0 saturated heterocycles. The van der Waals surface area contributed by atoms with Crippen molar-refractivity contribution in [2.75, 3.05) is 0 Å². The summed E-state index contributed by atoms with van der Waals surface area (Å²) in [6, 6.07) is 1.55. The van der Waals surface area contributed by atoms with Crippen LogP contribution in [-0.2, 0) is 6.42 Å². The zero-order valence-corrected chi connectivity index (χ0v) is 8.32. The molecule has 0 aliphatic heterocycles. The molecule has 0 amide bonds. The smallest absolute Gasteiger partial charge is 0.354 e. The van der Waals surface area contributed by atoms with Gasteiger partial charge in [-0.05, 0) is 6.07 Å². The Morgan fingerprint density at radius 1 is 1.62 bits per heavy atom. The number of aromatic amines is 2. The van der Waals surface area contributed by atoms with E-state index in [-0.39, 0.29) is 11.7 Å². The van der Waals surface area contributed by atoms with E-state index >= 15 is 0 Å². The minimum absolute atomic E-state index is 0.0920.